The van der Waals surface area contributed by atoms with E-state index in [-0.39, 0.29) is 11.6 Å². The topological polar surface area (TPSA) is 43.1 Å². The largest absolute Gasteiger partial charge is 0.319 e. The summed E-state index contributed by atoms with van der Waals surface area (Å²) in [5.41, 5.74) is 6.53. The van der Waals surface area contributed by atoms with Crippen LogP contribution in [-0.4, -0.2) is 11.3 Å². The molecule has 2 N–H and O–H groups in total. The molecule has 3 heteroatoms. The fourth-order valence-electron chi connectivity index (χ4n) is 2.87. The number of nitrogens with two attached hydrogens (primary N) is 1. The third-order valence-electron chi connectivity index (χ3n) is 3.90. The maximum absolute atomic E-state index is 13.2. The number of halogens is 1. The number of hydrogen-bond acceptors (Lipinski definition) is 2. The zero-order valence-electron chi connectivity index (χ0n) is 11.0. The van der Waals surface area contributed by atoms with Gasteiger partial charge in [-0.3, -0.25) is 4.79 Å². The normalized spacial score (nSPS) is 28.1. The molecule has 0 spiro atoms. The van der Waals surface area contributed by atoms with Gasteiger partial charge in [-0.1, -0.05) is 19.8 Å². The van der Waals surface area contributed by atoms with Gasteiger partial charge in [-0.2, -0.15) is 0 Å². The maximum Gasteiger partial charge on any atom is 0.182 e. The lowest BCUT2D eigenvalue weighted by Gasteiger charge is -2.35. The first-order chi connectivity index (χ1) is 8.42. The van der Waals surface area contributed by atoms with E-state index >= 15 is 0 Å². The van der Waals surface area contributed by atoms with Gasteiger partial charge in [0.25, 0.3) is 0 Å². The highest BCUT2D eigenvalue weighted by Gasteiger charge is 2.38. The Labute approximate surface area is 107 Å². The molecule has 0 aliphatic heterocycles. The van der Waals surface area contributed by atoms with Crippen molar-refractivity contribution in [3.05, 3.63) is 35.1 Å². The van der Waals surface area contributed by atoms with Crippen LogP contribution >= 0.6 is 0 Å². The van der Waals surface area contributed by atoms with Gasteiger partial charge in [0.2, 0.25) is 0 Å². The molecule has 2 rings (SSSR count). The van der Waals surface area contributed by atoms with E-state index in [4.69, 9.17) is 5.73 Å². The Kier molecular flexibility index (Phi) is 3.53. The number of hydrogen-bond donors (Lipinski definition) is 1. The summed E-state index contributed by atoms with van der Waals surface area (Å²) in [4.78, 5) is 12.5. The SMILES string of the molecule is Cc1cc(C(=O)C2(N)CCCC(C)C2)ccc1F. The second-order valence-electron chi connectivity index (χ2n) is 5.65. The zero-order chi connectivity index (χ0) is 13.3. The van der Waals surface area contributed by atoms with Crippen LogP contribution in [0.15, 0.2) is 18.2 Å². The van der Waals surface area contributed by atoms with Crippen LogP contribution in [0.4, 0.5) is 4.39 Å². The van der Waals surface area contributed by atoms with E-state index in [0.29, 0.717) is 17.0 Å². The number of benzene rings is 1. The highest BCUT2D eigenvalue weighted by molar-refractivity contribution is 6.03. The minimum Gasteiger partial charge on any atom is -0.319 e. The standard InChI is InChI=1S/C15H20FNO/c1-10-4-3-7-15(17,9-10)14(18)12-5-6-13(16)11(2)8-12/h5-6,8,10H,3-4,7,9,17H2,1-2H3. The summed E-state index contributed by atoms with van der Waals surface area (Å²) >= 11 is 0. The summed E-state index contributed by atoms with van der Waals surface area (Å²) in [5.74, 6) is 0.154. The van der Waals surface area contributed by atoms with Crippen molar-refractivity contribution in [2.75, 3.05) is 0 Å². The van der Waals surface area contributed by atoms with Crippen molar-refractivity contribution in [2.45, 2.75) is 45.1 Å². The van der Waals surface area contributed by atoms with Crippen LogP contribution in [0.2, 0.25) is 0 Å². The lowest BCUT2D eigenvalue weighted by Crippen LogP contribution is -2.51. The number of carbonyl (C=O) groups excluding carboxylic acids is 1. The van der Waals surface area contributed by atoms with E-state index < -0.39 is 5.54 Å². The molecular weight excluding hydrogens is 229 g/mol. The predicted molar refractivity (Wildman–Crippen MR) is 70.0 cm³/mol. The van der Waals surface area contributed by atoms with Gasteiger partial charge in [-0.25, -0.2) is 4.39 Å². The van der Waals surface area contributed by atoms with Crippen LogP contribution in [0.25, 0.3) is 0 Å². The van der Waals surface area contributed by atoms with Crippen LogP contribution in [0.1, 0.15) is 48.5 Å². The quantitative estimate of drug-likeness (QED) is 0.818. The maximum atomic E-state index is 13.2. The van der Waals surface area contributed by atoms with E-state index in [2.05, 4.69) is 6.92 Å². The highest BCUT2D eigenvalue weighted by Crippen LogP contribution is 2.33. The Morgan fingerprint density at radius 3 is 2.83 bits per heavy atom. The van der Waals surface area contributed by atoms with Crippen LogP contribution < -0.4 is 5.73 Å². The molecule has 1 fully saturated rings. The third-order valence-corrected chi connectivity index (χ3v) is 3.90. The molecule has 1 saturated carbocycles. The van der Waals surface area contributed by atoms with E-state index in [0.717, 1.165) is 25.7 Å². The Morgan fingerprint density at radius 2 is 2.22 bits per heavy atom. The van der Waals surface area contributed by atoms with E-state index in [1.54, 1.807) is 19.1 Å². The van der Waals surface area contributed by atoms with Gasteiger partial charge in [-0.05, 0) is 49.4 Å². The lowest BCUT2D eigenvalue weighted by atomic mass is 9.73. The Balaban J connectivity index is 2.27. The molecule has 1 aromatic rings. The van der Waals surface area contributed by atoms with Crippen molar-refractivity contribution < 1.29 is 9.18 Å². The summed E-state index contributed by atoms with van der Waals surface area (Å²) in [7, 11) is 0. The van der Waals surface area contributed by atoms with Gasteiger partial charge in [0.15, 0.2) is 5.78 Å². The third kappa shape index (κ3) is 2.46. The Morgan fingerprint density at radius 1 is 1.50 bits per heavy atom. The molecular formula is C15H20FNO. The zero-order valence-corrected chi connectivity index (χ0v) is 11.0. The minimum atomic E-state index is -0.762. The summed E-state index contributed by atoms with van der Waals surface area (Å²) in [6.07, 6.45) is 3.58. The Bertz CT molecular complexity index is 472. The predicted octanol–water partition coefficient (Wildman–Crippen LogP) is 3.22. The summed E-state index contributed by atoms with van der Waals surface area (Å²) in [6.45, 7) is 3.79. The monoisotopic (exact) mass is 249 g/mol. The molecule has 2 atom stereocenters. The molecule has 18 heavy (non-hydrogen) atoms. The lowest BCUT2D eigenvalue weighted by molar-refractivity contribution is 0.0819. The van der Waals surface area contributed by atoms with Gasteiger partial charge in [0.1, 0.15) is 5.82 Å². The number of ketones is 1. The van der Waals surface area contributed by atoms with Crippen LogP contribution in [0, 0.1) is 18.7 Å². The molecule has 0 bridgehead atoms. The fraction of sp³-hybridized carbons (Fsp3) is 0.533. The summed E-state index contributed by atoms with van der Waals surface area (Å²) < 4.78 is 13.2. The minimum absolute atomic E-state index is 0.0443. The van der Waals surface area contributed by atoms with Gasteiger partial charge < -0.3 is 5.73 Å². The van der Waals surface area contributed by atoms with Crippen LogP contribution in [-0.2, 0) is 0 Å². The van der Waals surface area contributed by atoms with E-state index in [1.165, 1.54) is 6.07 Å². The van der Waals surface area contributed by atoms with Crippen molar-refractivity contribution in [1.29, 1.82) is 0 Å². The number of Topliss-reactive ketones (excluding diaryl/α,β-unsaturated/α-hetero) is 1. The average Bonchev–Trinajstić information content (AvgIpc) is 2.31. The van der Waals surface area contributed by atoms with Gasteiger partial charge in [0.05, 0.1) is 5.54 Å². The molecule has 0 saturated heterocycles. The second kappa shape index (κ2) is 4.81. The molecule has 98 valence electrons. The number of aryl methyl sites for hydroxylation is 1. The molecule has 1 aliphatic rings. The first-order valence-electron chi connectivity index (χ1n) is 6.52. The van der Waals surface area contributed by atoms with Crippen molar-refractivity contribution in [3.8, 4) is 0 Å². The van der Waals surface area contributed by atoms with Gasteiger partial charge in [-0.15, -0.1) is 0 Å². The first-order valence-corrected chi connectivity index (χ1v) is 6.52. The first kappa shape index (κ1) is 13.2. The molecule has 0 radical (unpaired) electrons. The average molecular weight is 249 g/mol. The molecule has 0 amide bonds. The molecule has 0 heterocycles. The Hall–Kier alpha value is -1.22. The summed E-state index contributed by atoms with van der Waals surface area (Å²) in [5, 5.41) is 0. The second-order valence-corrected chi connectivity index (χ2v) is 5.65. The van der Waals surface area contributed by atoms with Crippen molar-refractivity contribution in [2.24, 2.45) is 11.7 Å². The van der Waals surface area contributed by atoms with Crippen LogP contribution in [0.5, 0.6) is 0 Å². The smallest absolute Gasteiger partial charge is 0.182 e. The molecule has 1 aromatic carbocycles. The molecule has 2 unspecified atom stereocenters. The van der Waals surface area contributed by atoms with E-state index in [9.17, 15) is 9.18 Å². The fourth-order valence-corrected chi connectivity index (χ4v) is 2.87. The van der Waals surface area contributed by atoms with Gasteiger partial charge >= 0.3 is 0 Å². The van der Waals surface area contributed by atoms with Crippen molar-refractivity contribution in [3.63, 3.8) is 0 Å². The van der Waals surface area contributed by atoms with Crippen LogP contribution in [0.3, 0.4) is 0 Å². The molecule has 2 nitrogen and oxygen atoms in total. The van der Waals surface area contributed by atoms with E-state index in [1.807, 2.05) is 0 Å². The van der Waals surface area contributed by atoms with Gasteiger partial charge in [0, 0.05) is 5.56 Å². The van der Waals surface area contributed by atoms with Crippen molar-refractivity contribution in [1.82, 2.24) is 0 Å². The number of carbonyl (C=O) groups is 1. The number of rotatable bonds is 2. The summed E-state index contributed by atoms with van der Waals surface area (Å²) in [6, 6.07) is 4.49. The molecule has 0 aromatic heterocycles. The highest BCUT2D eigenvalue weighted by atomic mass is 19.1. The molecule has 1 aliphatic carbocycles. The van der Waals surface area contributed by atoms with Crippen molar-refractivity contribution >= 4 is 5.78 Å².